The van der Waals surface area contributed by atoms with Crippen LogP contribution in [0.15, 0.2) is 43.1 Å². The van der Waals surface area contributed by atoms with Crippen molar-refractivity contribution in [3.05, 3.63) is 48.7 Å². The highest BCUT2D eigenvalue weighted by molar-refractivity contribution is 5.83. The number of hydrogen-bond acceptors (Lipinski definition) is 2. The number of nitrogens with zero attached hydrogens (tertiary/aromatic N) is 5. The Hall–Kier alpha value is -2.69. The zero-order chi connectivity index (χ0) is 15.8. The molecule has 0 aromatic carbocycles. The Balaban J connectivity index is 2.01. The van der Waals surface area contributed by atoms with E-state index in [9.17, 15) is 0 Å². The molecule has 96 valence electrons. The lowest BCUT2D eigenvalue weighted by atomic mass is 10.2. The van der Waals surface area contributed by atoms with Crippen LogP contribution >= 0.6 is 0 Å². The lowest BCUT2D eigenvalue weighted by molar-refractivity contribution is -0.636. The van der Waals surface area contributed by atoms with E-state index in [1.165, 1.54) is 4.57 Å². The van der Waals surface area contributed by atoms with E-state index in [1.54, 1.807) is 24.9 Å². The maximum Gasteiger partial charge on any atom is 0.274 e. The van der Waals surface area contributed by atoms with Crippen molar-refractivity contribution in [3.63, 3.8) is 0 Å². The standard InChI is InChI=1S/C15H12N5/c1-18-14-12-7-16-4-2-10(12)8-19(14)13-6-11-3-5-17-9-20(11)15(13)18/h2-7,9H,8H2,1H3/q+1/i1D3. The lowest BCUT2D eigenvalue weighted by Crippen LogP contribution is -2.30. The zero-order valence-corrected chi connectivity index (χ0v) is 10.5. The van der Waals surface area contributed by atoms with Gasteiger partial charge in [0, 0.05) is 30.2 Å². The second kappa shape index (κ2) is 3.25. The molecular weight excluding hydrogens is 250 g/mol. The van der Waals surface area contributed by atoms with Crippen LogP contribution in [0.1, 0.15) is 9.68 Å². The van der Waals surface area contributed by atoms with Crippen molar-refractivity contribution in [1.29, 1.82) is 0 Å². The van der Waals surface area contributed by atoms with E-state index in [4.69, 9.17) is 4.11 Å². The van der Waals surface area contributed by atoms with Gasteiger partial charge in [0.25, 0.3) is 5.65 Å². The van der Waals surface area contributed by atoms with E-state index >= 15 is 0 Å². The summed E-state index contributed by atoms with van der Waals surface area (Å²) in [5.74, 6) is 0.677. The fourth-order valence-electron chi connectivity index (χ4n) is 3.11. The summed E-state index contributed by atoms with van der Waals surface area (Å²) in [6.07, 6.45) is 6.83. The fourth-order valence-corrected chi connectivity index (χ4v) is 3.11. The van der Waals surface area contributed by atoms with E-state index in [0.29, 0.717) is 18.0 Å². The van der Waals surface area contributed by atoms with Crippen LogP contribution < -0.4 is 4.57 Å². The third-order valence-corrected chi connectivity index (χ3v) is 3.98. The van der Waals surface area contributed by atoms with Crippen molar-refractivity contribution < 1.29 is 8.68 Å². The highest BCUT2D eigenvalue weighted by Crippen LogP contribution is 2.33. The maximum absolute atomic E-state index is 8.02. The molecule has 5 heteroatoms. The summed E-state index contributed by atoms with van der Waals surface area (Å²) in [5.41, 5.74) is 4.41. The minimum absolute atomic E-state index is 0.637. The average Bonchev–Trinajstić information content (AvgIpc) is 3.13. The van der Waals surface area contributed by atoms with Gasteiger partial charge in [-0.15, -0.1) is 0 Å². The van der Waals surface area contributed by atoms with Crippen LogP contribution in [0.25, 0.3) is 28.1 Å². The van der Waals surface area contributed by atoms with Crippen LogP contribution in [-0.2, 0) is 13.5 Å². The molecule has 1 aliphatic heterocycles. The normalized spacial score (nSPS) is 15.9. The lowest BCUT2D eigenvalue weighted by Gasteiger charge is -1.96. The predicted molar refractivity (Wildman–Crippen MR) is 74.2 cm³/mol. The van der Waals surface area contributed by atoms with Crippen LogP contribution in [0, 0.1) is 0 Å². The quantitative estimate of drug-likeness (QED) is 0.398. The molecule has 0 saturated heterocycles. The van der Waals surface area contributed by atoms with Gasteiger partial charge in [-0.05, 0) is 12.1 Å². The molecule has 0 aliphatic carbocycles. The van der Waals surface area contributed by atoms with Gasteiger partial charge in [0.05, 0.1) is 23.2 Å². The summed E-state index contributed by atoms with van der Waals surface area (Å²) in [7, 11) is 0. The van der Waals surface area contributed by atoms with Crippen LogP contribution in [0.2, 0.25) is 0 Å². The SMILES string of the molecule is [2H]C([2H])([2H])[n+]1c2n(c3cc4ccncn4c31)Cc1ccncc1-2. The third-order valence-electron chi connectivity index (χ3n) is 3.98. The molecular formula is C15H12N5+. The Morgan fingerprint density at radius 2 is 2.25 bits per heavy atom. The van der Waals surface area contributed by atoms with Crippen LogP contribution in [0.3, 0.4) is 0 Å². The van der Waals surface area contributed by atoms with Crippen molar-refractivity contribution in [2.45, 2.75) is 6.54 Å². The highest BCUT2D eigenvalue weighted by atomic mass is 15.2. The summed E-state index contributed by atoms with van der Waals surface area (Å²) in [6, 6.07) is 5.82. The second-order valence-electron chi connectivity index (χ2n) is 5.01. The molecule has 5 nitrogen and oxygen atoms in total. The molecule has 0 N–H and O–H groups in total. The van der Waals surface area contributed by atoms with Gasteiger partial charge in [-0.3, -0.25) is 4.98 Å². The topological polar surface area (TPSA) is 39.0 Å². The Kier molecular flexibility index (Phi) is 1.27. The van der Waals surface area contributed by atoms with E-state index in [-0.39, 0.29) is 0 Å². The number of imidazole rings is 1. The van der Waals surface area contributed by atoms with E-state index < -0.39 is 6.98 Å². The van der Waals surface area contributed by atoms with E-state index in [2.05, 4.69) is 9.97 Å². The number of aromatic nitrogens is 5. The monoisotopic (exact) mass is 265 g/mol. The molecule has 4 aromatic rings. The summed E-state index contributed by atoms with van der Waals surface area (Å²) in [4.78, 5) is 8.30. The van der Waals surface area contributed by atoms with Gasteiger partial charge in [-0.1, -0.05) is 0 Å². The summed E-state index contributed by atoms with van der Waals surface area (Å²) < 4.78 is 29.4. The molecule has 0 bridgehead atoms. The molecule has 5 heterocycles. The van der Waals surface area contributed by atoms with Crippen molar-refractivity contribution in [3.8, 4) is 11.4 Å². The minimum Gasteiger partial charge on any atom is -0.264 e. The molecule has 0 spiro atoms. The molecule has 0 unspecified atom stereocenters. The van der Waals surface area contributed by atoms with Crippen molar-refractivity contribution in [2.75, 3.05) is 0 Å². The Labute approximate surface area is 119 Å². The van der Waals surface area contributed by atoms with Crippen molar-refractivity contribution >= 4 is 16.7 Å². The first-order valence-corrected chi connectivity index (χ1v) is 6.39. The first kappa shape index (κ1) is 7.79. The van der Waals surface area contributed by atoms with Gasteiger partial charge in [-0.2, -0.15) is 0 Å². The Morgan fingerprint density at radius 1 is 1.30 bits per heavy atom. The molecule has 5 rings (SSSR count). The third kappa shape index (κ3) is 1.02. The highest BCUT2D eigenvalue weighted by Gasteiger charge is 2.32. The molecule has 0 radical (unpaired) electrons. The van der Waals surface area contributed by atoms with Gasteiger partial charge in [0.15, 0.2) is 11.8 Å². The van der Waals surface area contributed by atoms with E-state index in [1.807, 2.05) is 27.2 Å². The van der Waals surface area contributed by atoms with Crippen molar-refractivity contribution in [1.82, 2.24) is 18.9 Å². The maximum atomic E-state index is 8.02. The predicted octanol–water partition coefficient (Wildman–Crippen LogP) is 1.54. The van der Waals surface area contributed by atoms with Gasteiger partial charge in [0.2, 0.25) is 5.82 Å². The van der Waals surface area contributed by atoms with Gasteiger partial charge in [0.1, 0.15) is 5.52 Å². The fraction of sp³-hybridized carbons (Fsp3) is 0.133. The number of pyridine rings is 1. The molecule has 0 fully saturated rings. The molecule has 0 atom stereocenters. The first-order chi connectivity index (χ1) is 11.1. The molecule has 20 heavy (non-hydrogen) atoms. The Bertz CT molecular complexity index is 1090. The molecule has 4 aromatic heterocycles. The summed E-state index contributed by atoms with van der Waals surface area (Å²) in [6.45, 7) is -1.64. The first-order valence-electron chi connectivity index (χ1n) is 7.89. The number of hydrogen-bond donors (Lipinski definition) is 0. The second-order valence-corrected chi connectivity index (χ2v) is 5.01. The van der Waals surface area contributed by atoms with Crippen LogP contribution in [-0.4, -0.2) is 18.9 Å². The molecule has 1 aliphatic rings. The van der Waals surface area contributed by atoms with Gasteiger partial charge in [-0.25, -0.2) is 18.5 Å². The van der Waals surface area contributed by atoms with Gasteiger partial charge >= 0.3 is 0 Å². The summed E-state index contributed by atoms with van der Waals surface area (Å²) >= 11 is 0. The van der Waals surface area contributed by atoms with E-state index in [0.717, 1.165) is 22.2 Å². The number of rotatable bonds is 0. The average molecular weight is 265 g/mol. The molecule has 0 saturated carbocycles. The molecule has 0 amide bonds. The van der Waals surface area contributed by atoms with Crippen molar-refractivity contribution in [2.24, 2.45) is 6.98 Å². The summed E-state index contributed by atoms with van der Waals surface area (Å²) in [5, 5.41) is 0. The van der Waals surface area contributed by atoms with Crippen LogP contribution in [0.5, 0.6) is 0 Å². The Morgan fingerprint density at radius 3 is 3.20 bits per heavy atom. The number of aryl methyl sites for hydroxylation is 1. The smallest absolute Gasteiger partial charge is 0.264 e. The minimum atomic E-state index is -2.29. The van der Waals surface area contributed by atoms with Gasteiger partial charge < -0.3 is 0 Å². The number of fused-ring (bicyclic) bond motifs is 7. The zero-order valence-electron chi connectivity index (χ0n) is 13.5. The van der Waals surface area contributed by atoms with Crippen LogP contribution in [0.4, 0.5) is 0 Å². The largest absolute Gasteiger partial charge is 0.274 e.